The maximum Gasteiger partial charge on any atom is 0.311 e. The fraction of sp³-hybridized carbons (Fsp3) is 0.710. The van der Waals surface area contributed by atoms with Crippen LogP contribution in [0.1, 0.15) is 81.5 Å². The van der Waals surface area contributed by atoms with Crippen molar-refractivity contribution < 1.29 is 33.0 Å². The Hall–Kier alpha value is -2.78. The highest BCUT2D eigenvalue weighted by Gasteiger charge is 2.70. The lowest BCUT2D eigenvalue weighted by Crippen LogP contribution is -2.77. The standard InChI is InChI=1S/C31H41BFN2O6/c1-29(28(38)40-4)9-7-19(8-10-29)41-23-12-20(22(39-3)13-21(23)32-2)26(36)34-25-18-6-5-17(11-18)24(25)27(37)35-31-14-30(33,15-31)16-31/h12-13,17-19,24-25H,5-11,14-16H2,1-4H3,(H,34,36)(H,35,37)/t17-,18+,19?,24+,25-,29?,30?,31?/m1/s1. The quantitative estimate of drug-likeness (QED) is 0.350. The van der Waals surface area contributed by atoms with Gasteiger partial charge in [0.15, 0.2) is 7.28 Å². The van der Waals surface area contributed by atoms with Crippen molar-refractivity contribution in [1.82, 2.24) is 10.6 Å². The van der Waals surface area contributed by atoms with Crippen molar-refractivity contribution in [2.75, 3.05) is 14.2 Å². The Morgan fingerprint density at radius 3 is 2.29 bits per heavy atom. The first-order chi connectivity index (χ1) is 19.5. The Labute approximate surface area is 242 Å². The summed E-state index contributed by atoms with van der Waals surface area (Å²) in [4.78, 5) is 39.4. The van der Waals surface area contributed by atoms with E-state index in [0.29, 0.717) is 62.0 Å². The van der Waals surface area contributed by atoms with Gasteiger partial charge in [-0.15, -0.1) is 0 Å². The van der Waals surface area contributed by atoms with Crippen LogP contribution in [-0.4, -0.2) is 62.6 Å². The van der Waals surface area contributed by atoms with Crippen LogP contribution in [-0.2, 0) is 14.3 Å². The molecule has 0 heterocycles. The first-order valence-electron chi connectivity index (χ1n) is 15.1. The monoisotopic (exact) mass is 567 g/mol. The predicted octanol–water partition coefficient (Wildman–Crippen LogP) is 3.48. The van der Waals surface area contributed by atoms with Crippen molar-refractivity contribution in [3.8, 4) is 11.5 Å². The molecule has 1 aromatic carbocycles. The maximum absolute atomic E-state index is 14.1. The van der Waals surface area contributed by atoms with E-state index in [1.54, 1.807) is 6.07 Å². The molecule has 221 valence electrons. The molecule has 2 N–H and O–H groups in total. The summed E-state index contributed by atoms with van der Waals surface area (Å²) in [6.45, 7) is 3.84. The number of rotatable bonds is 9. The van der Waals surface area contributed by atoms with E-state index in [-0.39, 0.29) is 53.2 Å². The molecule has 4 bridgehead atoms. The fourth-order valence-corrected chi connectivity index (χ4v) is 8.47. The largest absolute Gasteiger partial charge is 0.496 e. The van der Waals surface area contributed by atoms with E-state index in [2.05, 4.69) is 10.6 Å². The minimum Gasteiger partial charge on any atom is -0.496 e. The average Bonchev–Trinajstić information content (AvgIpc) is 3.54. The first-order valence-corrected chi connectivity index (χ1v) is 15.1. The minimum atomic E-state index is -1.08. The van der Waals surface area contributed by atoms with Gasteiger partial charge in [-0.1, -0.05) is 6.82 Å². The number of esters is 1. The number of carbonyl (C=O) groups is 3. The smallest absolute Gasteiger partial charge is 0.311 e. The lowest BCUT2D eigenvalue weighted by Gasteiger charge is -2.66. The van der Waals surface area contributed by atoms with Gasteiger partial charge in [0.25, 0.3) is 5.91 Å². The third-order valence-corrected chi connectivity index (χ3v) is 10.8. The van der Waals surface area contributed by atoms with Crippen LogP contribution in [0.15, 0.2) is 12.1 Å². The molecule has 1 radical (unpaired) electrons. The number of alkyl halides is 1. The molecule has 1 aromatic rings. The third kappa shape index (κ3) is 4.89. The highest BCUT2D eigenvalue weighted by molar-refractivity contribution is 6.53. The molecule has 0 spiro atoms. The van der Waals surface area contributed by atoms with Crippen molar-refractivity contribution in [2.24, 2.45) is 23.2 Å². The molecular weight excluding hydrogens is 526 g/mol. The Balaban J connectivity index is 1.17. The lowest BCUT2D eigenvalue weighted by molar-refractivity contribution is -0.177. The van der Waals surface area contributed by atoms with Gasteiger partial charge in [0, 0.05) is 30.8 Å². The van der Waals surface area contributed by atoms with Gasteiger partial charge in [0.05, 0.1) is 37.2 Å². The zero-order valence-electron chi connectivity index (χ0n) is 24.5. The van der Waals surface area contributed by atoms with Crippen LogP contribution < -0.4 is 25.6 Å². The number of hydrogen-bond acceptors (Lipinski definition) is 6. The second kappa shape index (κ2) is 10.2. The van der Waals surface area contributed by atoms with Crippen LogP contribution in [0, 0.1) is 23.2 Å². The summed E-state index contributed by atoms with van der Waals surface area (Å²) in [5.41, 5.74) is -0.774. The molecule has 41 heavy (non-hydrogen) atoms. The molecule has 2 amide bonds. The van der Waals surface area contributed by atoms with E-state index >= 15 is 0 Å². The topological polar surface area (TPSA) is 103 Å². The van der Waals surface area contributed by atoms with Gasteiger partial charge in [-0.3, -0.25) is 14.4 Å². The zero-order chi connectivity index (χ0) is 29.2. The molecule has 6 saturated carbocycles. The van der Waals surface area contributed by atoms with Crippen LogP contribution in [0.25, 0.3) is 0 Å². The molecule has 7 rings (SSSR count). The van der Waals surface area contributed by atoms with Crippen LogP contribution in [0.3, 0.4) is 0 Å². The zero-order valence-corrected chi connectivity index (χ0v) is 24.5. The molecular formula is C31H41BFN2O6. The molecule has 6 aliphatic carbocycles. The number of methoxy groups -OCH3 is 2. The number of hydrogen-bond donors (Lipinski definition) is 2. The second-order valence-electron chi connectivity index (χ2n) is 13.6. The maximum atomic E-state index is 14.1. The Kier molecular flexibility index (Phi) is 7.05. The van der Waals surface area contributed by atoms with Gasteiger partial charge in [0.2, 0.25) is 5.91 Å². The first kappa shape index (κ1) is 28.3. The number of fused-ring (bicyclic) bond motifs is 2. The van der Waals surface area contributed by atoms with Gasteiger partial charge >= 0.3 is 5.97 Å². The summed E-state index contributed by atoms with van der Waals surface area (Å²) in [5, 5.41) is 6.36. The SMILES string of the molecule is C[B]c1cc(OC)c(C(=O)N[C@@H]2[C@H]3CC[C@H](C3)[C@@H]2C(=O)NC23CC(F)(C2)C3)cc1OC1CCC(C)(C(=O)OC)CC1. The number of benzene rings is 1. The number of amides is 2. The Morgan fingerprint density at radius 1 is 1.00 bits per heavy atom. The Bertz CT molecular complexity index is 1230. The normalized spacial score (nSPS) is 38.2. The van der Waals surface area contributed by atoms with Gasteiger partial charge in [-0.25, -0.2) is 4.39 Å². The van der Waals surface area contributed by atoms with Gasteiger partial charge in [-0.05, 0) is 81.3 Å². The summed E-state index contributed by atoms with van der Waals surface area (Å²) < 4.78 is 31.1. The summed E-state index contributed by atoms with van der Waals surface area (Å²) in [5.74, 6) is 0.677. The van der Waals surface area contributed by atoms with Gasteiger partial charge in [0.1, 0.15) is 17.2 Å². The second-order valence-corrected chi connectivity index (χ2v) is 13.6. The van der Waals surface area contributed by atoms with Crippen molar-refractivity contribution in [2.45, 2.75) is 101 Å². The van der Waals surface area contributed by atoms with E-state index in [0.717, 1.165) is 24.7 Å². The highest BCUT2D eigenvalue weighted by atomic mass is 19.1. The average molecular weight is 567 g/mol. The van der Waals surface area contributed by atoms with Gasteiger partial charge < -0.3 is 24.8 Å². The third-order valence-electron chi connectivity index (χ3n) is 10.8. The van der Waals surface area contributed by atoms with E-state index < -0.39 is 11.1 Å². The number of nitrogens with one attached hydrogen (secondary N) is 2. The predicted molar refractivity (Wildman–Crippen MR) is 151 cm³/mol. The molecule has 0 unspecified atom stereocenters. The number of halogens is 1. The van der Waals surface area contributed by atoms with E-state index in [1.165, 1.54) is 14.2 Å². The molecule has 0 aromatic heterocycles. The van der Waals surface area contributed by atoms with Crippen LogP contribution in [0.5, 0.6) is 11.5 Å². The van der Waals surface area contributed by atoms with E-state index in [9.17, 15) is 18.8 Å². The fourth-order valence-electron chi connectivity index (χ4n) is 8.47. The molecule has 6 fully saturated rings. The molecule has 4 atom stereocenters. The molecule has 6 aliphatic rings. The number of carbonyl (C=O) groups excluding carboxylic acids is 3. The van der Waals surface area contributed by atoms with Crippen LogP contribution >= 0.6 is 0 Å². The van der Waals surface area contributed by atoms with Crippen molar-refractivity contribution in [3.05, 3.63) is 17.7 Å². The van der Waals surface area contributed by atoms with Crippen molar-refractivity contribution in [3.63, 3.8) is 0 Å². The summed E-state index contributed by atoms with van der Waals surface area (Å²) in [6, 6.07) is 3.28. The minimum absolute atomic E-state index is 0.0487. The summed E-state index contributed by atoms with van der Waals surface area (Å²) >= 11 is 0. The molecule has 0 aliphatic heterocycles. The van der Waals surface area contributed by atoms with Crippen molar-refractivity contribution >= 4 is 30.5 Å². The van der Waals surface area contributed by atoms with Crippen LogP contribution in [0.4, 0.5) is 4.39 Å². The number of ether oxygens (including phenoxy) is 3. The Morgan fingerprint density at radius 2 is 1.68 bits per heavy atom. The van der Waals surface area contributed by atoms with Crippen molar-refractivity contribution in [1.29, 1.82) is 0 Å². The van der Waals surface area contributed by atoms with Crippen LogP contribution in [0.2, 0.25) is 6.82 Å². The van der Waals surface area contributed by atoms with E-state index in [4.69, 9.17) is 14.2 Å². The highest BCUT2D eigenvalue weighted by Crippen LogP contribution is 2.63. The summed E-state index contributed by atoms with van der Waals surface area (Å²) in [7, 11) is 4.88. The molecule has 0 saturated heterocycles. The van der Waals surface area contributed by atoms with E-state index in [1.807, 2.05) is 27.1 Å². The van der Waals surface area contributed by atoms with Gasteiger partial charge in [-0.2, -0.15) is 0 Å². The summed E-state index contributed by atoms with van der Waals surface area (Å²) in [6.07, 6.45) is 6.77. The molecule has 10 heteroatoms. The molecule has 8 nitrogen and oxygen atoms in total. The lowest BCUT2D eigenvalue weighted by atomic mass is 9.47.